The average Bonchev–Trinajstić information content (AvgIpc) is 2.97. The number of carbonyl (C=O) groups excluding carboxylic acids is 3. The first-order valence-electron chi connectivity index (χ1n) is 8.85. The molecule has 0 unspecified atom stereocenters. The highest BCUT2D eigenvalue weighted by Gasteiger charge is 2.35. The van der Waals surface area contributed by atoms with Crippen LogP contribution in [0.2, 0.25) is 0 Å². The van der Waals surface area contributed by atoms with Gasteiger partial charge in [-0.25, -0.2) is 9.69 Å². The zero-order chi connectivity index (χ0) is 21.0. The Hall–Kier alpha value is -3.81. The summed E-state index contributed by atoms with van der Waals surface area (Å²) >= 11 is 0. The van der Waals surface area contributed by atoms with Crippen molar-refractivity contribution in [2.24, 2.45) is 0 Å². The van der Waals surface area contributed by atoms with E-state index >= 15 is 0 Å². The summed E-state index contributed by atoms with van der Waals surface area (Å²) in [5, 5.41) is 5.20. The number of methoxy groups -OCH3 is 2. The molecule has 0 spiro atoms. The van der Waals surface area contributed by atoms with Gasteiger partial charge in [-0.05, 0) is 42.3 Å². The van der Waals surface area contributed by atoms with Gasteiger partial charge in [0.1, 0.15) is 12.2 Å². The fraction of sp³-hybridized carbons (Fsp3) is 0.190. The van der Waals surface area contributed by atoms with Crippen molar-refractivity contribution in [2.75, 3.05) is 26.1 Å². The summed E-state index contributed by atoms with van der Waals surface area (Å²) in [6.07, 6.45) is 1.52. The van der Waals surface area contributed by atoms with Gasteiger partial charge in [0.25, 0.3) is 5.91 Å². The molecule has 0 bridgehead atoms. The summed E-state index contributed by atoms with van der Waals surface area (Å²) in [6.45, 7) is 1.47. The van der Waals surface area contributed by atoms with E-state index in [9.17, 15) is 14.4 Å². The molecule has 150 valence electrons. The number of hydrogen-bond acceptors (Lipinski definition) is 5. The lowest BCUT2D eigenvalue weighted by atomic mass is 10.1. The third-order valence-electron chi connectivity index (χ3n) is 4.40. The van der Waals surface area contributed by atoms with Crippen LogP contribution in [0.15, 0.2) is 48.2 Å². The van der Waals surface area contributed by atoms with Crippen LogP contribution < -0.4 is 20.1 Å². The largest absolute Gasteiger partial charge is 0.493 e. The summed E-state index contributed by atoms with van der Waals surface area (Å²) in [7, 11) is 3.03. The van der Waals surface area contributed by atoms with Crippen LogP contribution in [-0.4, -0.2) is 43.5 Å². The summed E-state index contributed by atoms with van der Waals surface area (Å²) in [6, 6.07) is 11.7. The predicted molar refractivity (Wildman–Crippen MR) is 108 cm³/mol. The van der Waals surface area contributed by atoms with Crippen molar-refractivity contribution in [2.45, 2.75) is 6.92 Å². The molecular weight excluding hydrogens is 374 g/mol. The minimum absolute atomic E-state index is 0.0749. The Kier molecular flexibility index (Phi) is 5.82. The van der Waals surface area contributed by atoms with Crippen molar-refractivity contribution >= 4 is 29.6 Å². The Morgan fingerprint density at radius 1 is 1.10 bits per heavy atom. The quantitative estimate of drug-likeness (QED) is 0.579. The first-order valence-corrected chi connectivity index (χ1v) is 8.85. The number of amides is 4. The second-order valence-electron chi connectivity index (χ2n) is 6.36. The fourth-order valence-corrected chi connectivity index (χ4v) is 2.87. The minimum atomic E-state index is -0.651. The average molecular weight is 395 g/mol. The van der Waals surface area contributed by atoms with Gasteiger partial charge in [0.15, 0.2) is 11.5 Å². The van der Waals surface area contributed by atoms with Crippen LogP contribution >= 0.6 is 0 Å². The molecule has 0 saturated carbocycles. The van der Waals surface area contributed by atoms with Crippen molar-refractivity contribution in [1.29, 1.82) is 0 Å². The van der Waals surface area contributed by atoms with Gasteiger partial charge in [-0.2, -0.15) is 0 Å². The lowest BCUT2D eigenvalue weighted by Gasteiger charge is -2.13. The van der Waals surface area contributed by atoms with Crippen LogP contribution in [-0.2, 0) is 9.59 Å². The molecule has 29 heavy (non-hydrogen) atoms. The van der Waals surface area contributed by atoms with E-state index in [0.717, 1.165) is 10.5 Å². The first kappa shape index (κ1) is 19.9. The van der Waals surface area contributed by atoms with E-state index in [1.165, 1.54) is 20.3 Å². The number of benzene rings is 2. The van der Waals surface area contributed by atoms with Crippen molar-refractivity contribution in [3.8, 4) is 11.5 Å². The Labute approximate surface area is 168 Å². The molecule has 3 rings (SSSR count). The highest BCUT2D eigenvalue weighted by Crippen LogP contribution is 2.28. The number of urea groups is 1. The van der Waals surface area contributed by atoms with E-state index in [1.807, 2.05) is 19.1 Å². The number of ether oxygens (including phenoxy) is 2. The minimum Gasteiger partial charge on any atom is -0.493 e. The standard InChI is InChI=1S/C21H21N3O5/c1-13-6-4-5-7-15(13)22-19(25)12-24-20(26)16(23-21(24)27)10-14-8-9-17(28-2)18(11-14)29-3/h4-11H,12H2,1-3H3,(H,22,25)(H,23,27)/b16-10-. The fourth-order valence-electron chi connectivity index (χ4n) is 2.87. The third-order valence-corrected chi connectivity index (χ3v) is 4.40. The number of carbonyl (C=O) groups is 3. The topological polar surface area (TPSA) is 97.0 Å². The van der Waals surface area contributed by atoms with Gasteiger partial charge in [0.2, 0.25) is 5.91 Å². The lowest BCUT2D eigenvalue weighted by Crippen LogP contribution is -2.38. The monoisotopic (exact) mass is 395 g/mol. The highest BCUT2D eigenvalue weighted by molar-refractivity contribution is 6.16. The van der Waals surface area contributed by atoms with Crippen LogP contribution in [0.3, 0.4) is 0 Å². The molecule has 4 amide bonds. The van der Waals surface area contributed by atoms with E-state index in [4.69, 9.17) is 9.47 Å². The summed E-state index contributed by atoms with van der Waals surface area (Å²) in [4.78, 5) is 37.9. The van der Waals surface area contributed by atoms with Gasteiger partial charge in [0, 0.05) is 5.69 Å². The molecule has 2 aromatic carbocycles. The van der Waals surface area contributed by atoms with E-state index in [2.05, 4.69) is 10.6 Å². The smallest absolute Gasteiger partial charge is 0.329 e. The van der Waals surface area contributed by atoms with E-state index < -0.39 is 17.8 Å². The molecule has 1 saturated heterocycles. The zero-order valence-electron chi connectivity index (χ0n) is 16.3. The molecule has 0 aliphatic carbocycles. The maximum Gasteiger partial charge on any atom is 0.329 e. The Morgan fingerprint density at radius 2 is 1.83 bits per heavy atom. The Balaban J connectivity index is 1.73. The van der Waals surface area contributed by atoms with Crippen molar-refractivity contribution < 1.29 is 23.9 Å². The van der Waals surface area contributed by atoms with Gasteiger partial charge < -0.3 is 20.1 Å². The number of nitrogens with one attached hydrogen (secondary N) is 2. The first-order chi connectivity index (χ1) is 13.9. The highest BCUT2D eigenvalue weighted by atomic mass is 16.5. The van der Waals surface area contributed by atoms with Gasteiger partial charge in [-0.3, -0.25) is 9.59 Å². The van der Waals surface area contributed by atoms with Crippen LogP contribution in [0.1, 0.15) is 11.1 Å². The number of nitrogens with zero attached hydrogens (tertiary/aromatic N) is 1. The van der Waals surface area contributed by atoms with Gasteiger partial charge in [-0.15, -0.1) is 0 Å². The molecule has 8 heteroatoms. The van der Waals surface area contributed by atoms with Gasteiger partial charge >= 0.3 is 6.03 Å². The third kappa shape index (κ3) is 4.37. The number of anilines is 1. The maximum atomic E-state index is 12.6. The number of para-hydroxylation sites is 1. The molecule has 1 aliphatic rings. The summed E-state index contributed by atoms with van der Waals surface area (Å²) < 4.78 is 10.4. The predicted octanol–water partition coefficient (Wildman–Crippen LogP) is 2.54. The number of imide groups is 1. The molecule has 0 aromatic heterocycles. The Bertz CT molecular complexity index is 1000. The molecule has 1 heterocycles. The molecule has 0 radical (unpaired) electrons. The molecule has 2 aromatic rings. The number of aryl methyl sites for hydroxylation is 1. The molecule has 8 nitrogen and oxygen atoms in total. The summed E-state index contributed by atoms with van der Waals surface area (Å²) in [5.41, 5.74) is 2.22. The van der Waals surface area contributed by atoms with Crippen molar-refractivity contribution in [1.82, 2.24) is 10.2 Å². The van der Waals surface area contributed by atoms with E-state index in [0.29, 0.717) is 22.7 Å². The molecule has 0 atom stereocenters. The molecular formula is C21H21N3O5. The van der Waals surface area contributed by atoms with Crippen molar-refractivity contribution in [3.05, 3.63) is 59.3 Å². The lowest BCUT2D eigenvalue weighted by molar-refractivity contribution is -0.127. The van der Waals surface area contributed by atoms with Crippen molar-refractivity contribution in [3.63, 3.8) is 0 Å². The summed E-state index contributed by atoms with van der Waals surface area (Å²) in [5.74, 6) is -0.00101. The Morgan fingerprint density at radius 3 is 2.52 bits per heavy atom. The van der Waals surface area contributed by atoms with Crippen LogP contribution in [0.25, 0.3) is 6.08 Å². The zero-order valence-corrected chi connectivity index (χ0v) is 16.3. The van der Waals surface area contributed by atoms with Gasteiger partial charge in [0.05, 0.1) is 14.2 Å². The number of hydrogen-bond donors (Lipinski definition) is 2. The molecule has 1 fully saturated rings. The van der Waals surface area contributed by atoms with Crippen LogP contribution in [0.5, 0.6) is 11.5 Å². The second kappa shape index (κ2) is 8.47. The maximum absolute atomic E-state index is 12.6. The van der Waals surface area contributed by atoms with E-state index in [1.54, 1.807) is 30.3 Å². The van der Waals surface area contributed by atoms with Crippen LogP contribution in [0, 0.1) is 6.92 Å². The van der Waals surface area contributed by atoms with Crippen LogP contribution in [0.4, 0.5) is 10.5 Å². The SMILES string of the molecule is COc1ccc(/C=C2\NC(=O)N(CC(=O)Nc3ccccc3C)C2=O)cc1OC. The normalized spacial score (nSPS) is 14.7. The second-order valence-corrected chi connectivity index (χ2v) is 6.36. The number of rotatable bonds is 6. The van der Waals surface area contributed by atoms with E-state index in [-0.39, 0.29) is 12.2 Å². The molecule has 1 aliphatic heterocycles. The molecule has 2 N–H and O–H groups in total. The van der Waals surface area contributed by atoms with Gasteiger partial charge in [-0.1, -0.05) is 24.3 Å².